The summed E-state index contributed by atoms with van der Waals surface area (Å²) >= 11 is 0. The first-order valence-electron chi connectivity index (χ1n) is 9.76. The van der Waals surface area contributed by atoms with Crippen LogP contribution in [-0.4, -0.2) is 37.8 Å². The number of hydrogen-bond donors (Lipinski definition) is 2. The Morgan fingerprint density at radius 3 is 2.38 bits per heavy atom. The Labute approximate surface area is 170 Å². The predicted octanol–water partition coefficient (Wildman–Crippen LogP) is 2.16. The molecule has 2 amide bonds. The summed E-state index contributed by atoms with van der Waals surface area (Å²) in [5, 5.41) is 4.18. The molecule has 29 heavy (non-hydrogen) atoms. The molecule has 8 heteroatoms. The van der Waals surface area contributed by atoms with Crippen molar-refractivity contribution in [2.45, 2.75) is 48.3 Å². The molecule has 0 spiro atoms. The summed E-state index contributed by atoms with van der Waals surface area (Å²) in [6, 6.07) is 11.3. The van der Waals surface area contributed by atoms with Crippen LogP contribution in [-0.2, 0) is 19.4 Å². The minimum absolute atomic E-state index is 0.00386. The Morgan fingerprint density at radius 1 is 1.00 bits per heavy atom. The van der Waals surface area contributed by atoms with Gasteiger partial charge in [-0.3, -0.25) is 14.6 Å². The number of aromatic nitrogens is 1. The van der Waals surface area contributed by atoms with Crippen LogP contribution in [0.25, 0.3) is 0 Å². The predicted molar refractivity (Wildman–Crippen MR) is 109 cm³/mol. The molecule has 0 aliphatic heterocycles. The molecule has 7 nitrogen and oxygen atoms in total. The molecule has 0 saturated heterocycles. The average Bonchev–Trinajstić information content (AvgIpc) is 2.75. The van der Waals surface area contributed by atoms with Crippen molar-refractivity contribution < 1.29 is 18.0 Å². The van der Waals surface area contributed by atoms with Gasteiger partial charge in [0.25, 0.3) is 0 Å². The van der Waals surface area contributed by atoms with Gasteiger partial charge in [0.15, 0.2) is 9.84 Å². The highest BCUT2D eigenvalue weighted by Crippen LogP contribution is 2.28. The third-order valence-electron chi connectivity index (χ3n) is 5.10. The molecule has 2 aromatic rings. The van der Waals surface area contributed by atoms with E-state index in [4.69, 9.17) is 0 Å². The van der Waals surface area contributed by atoms with Crippen molar-refractivity contribution in [2.75, 3.05) is 6.54 Å². The van der Waals surface area contributed by atoms with Gasteiger partial charge in [-0.05, 0) is 36.6 Å². The normalized spacial score (nSPS) is 16.0. The maximum atomic E-state index is 13.2. The zero-order valence-electron chi connectivity index (χ0n) is 16.1. The van der Waals surface area contributed by atoms with Crippen molar-refractivity contribution in [3.63, 3.8) is 0 Å². The second-order valence-electron chi connectivity index (χ2n) is 7.15. The fourth-order valence-corrected chi connectivity index (χ4v) is 5.18. The molecule has 1 aromatic carbocycles. The highest BCUT2D eigenvalue weighted by atomic mass is 32.2. The van der Waals surface area contributed by atoms with Gasteiger partial charge >= 0.3 is 11.8 Å². The Kier molecular flexibility index (Phi) is 6.98. The van der Waals surface area contributed by atoms with Gasteiger partial charge in [0.05, 0.1) is 4.90 Å². The summed E-state index contributed by atoms with van der Waals surface area (Å²) in [5.41, 5.74) is 0.448. The number of pyridine rings is 1. The zero-order valence-corrected chi connectivity index (χ0v) is 16.9. The molecule has 1 fully saturated rings. The Morgan fingerprint density at radius 2 is 1.72 bits per heavy atom. The quantitative estimate of drug-likeness (QED) is 0.704. The minimum Gasteiger partial charge on any atom is -0.346 e. The van der Waals surface area contributed by atoms with Gasteiger partial charge in [0, 0.05) is 25.0 Å². The lowest BCUT2D eigenvalue weighted by Crippen LogP contribution is -2.46. The lowest BCUT2D eigenvalue weighted by molar-refractivity contribution is -0.139. The van der Waals surface area contributed by atoms with Crippen LogP contribution < -0.4 is 10.6 Å². The highest BCUT2D eigenvalue weighted by molar-refractivity contribution is 7.91. The Balaban J connectivity index is 1.72. The smallest absolute Gasteiger partial charge is 0.309 e. The van der Waals surface area contributed by atoms with Gasteiger partial charge < -0.3 is 10.6 Å². The van der Waals surface area contributed by atoms with Crippen LogP contribution in [0.3, 0.4) is 0 Å². The summed E-state index contributed by atoms with van der Waals surface area (Å²) in [4.78, 5) is 28.6. The highest BCUT2D eigenvalue weighted by Gasteiger charge is 2.30. The minimum atomic E-state index is -3.79. The van der Waals surface area contributed by atoms with E-state index in [2.05, 4.69) is 15.6 Å². The molecular weight excluding hydrogens is 390 g/mol. The van der Waals surface area contributed by atoms with Crippen LogP contribution >= 0.6 is 0 Å². The number of nitrogens with one attached hydrogen (secondary N) is 2. The van der Waals surface area contributed by atoms with Gasteiger partial charge in [-0.15, -0.1) is 0 Å². The first-order valence-corrected chi connectivity index (χ1v) is 11.3. The molecule has 0 unspecified atom stereocenters. The average molecular weight is 416 g/mol. The third kappa shape index (κ3) is 5.41. The Bertz CT molecular complexity index is 927. The van der Waals surface area contributed by atoms with Crippen molar-refractivity contribution in [1.29, 1.82) is 0 Å². The summed E-state index contributed by atoms with van der Waals surface area (Å²) < 4.78 is 26.3. The molecule has 2 N–H and O–H groups in total. The number of sulfone groups is 1. The molecule has 1 aliphatic carbocycles. The van der Waals surface area contributed by atoms with Crippen LogP contribution in [0.5, 0.6) is 0 Å². The number of rotatable bonds is 6. The molecule has 154 valence electrons. The molecule has 1 aromatic heterocycles. The van der Waals surface area contributed by atoms with E-state index >= 15 is 0 Å². The van der Waals surface area contributed by atoms with Gasteiger partial charge in [-0.2, -0.15) is 0 Å². The van der Waals surface area contributed by atoms with Crippen LogP contribution in [0.4, 0.5) is 0 Å². The van der Waals surface area contributed by atoms with Crippen molar-refractivity contribution in [3.05, 3.63) is 60.4 Å². The second-order valence-corrected chi connectivity index (χ2v) is 9.28. The van der Waals surface area contributed by atoms with Gasteiger partial charge in [-0.1, -0.05) is 43.5 Å². The summed E-state index contributed by atoms with van der Waals surface area (Å²) in [5.74, 6) is -1.55. The monoisotopic (exact) mass is 415 g/mol. The van der Waals surface area contributed by atoms with Crippen LogP contribution in [0, 0.1) is 0 Å². The van der Waals surface area contributed by atoms with E-state index in [1.54, 1.807) is 36.5 Å². The largest absolute Gasteiger partial charge is 0.346 e. The van der Waals surface area contributed by atoms with Crippen molar-refractivity contribution in [3.8, 4) is 0 Å². The number of carbonyl (C=O) groups excluding carboxylic acids is 2. The zero-order chi connectivity index (χ0) is 20.7. The van der Waals surface area contributed by atoms with Crippen LogP contribution in [0.15, 0.2) is 59.8 Å². The molecule has 1 atom stereocenters. The van der Waals surface area contributed by atoms with Gasteiger partial charge in [0.2, 0.25) is 0 Å². The van der Waals surface area contributed by atoms with E-state index in [1.807, 2.05) is 0 Å². The number of benzene rings is 1. The van der Waals surface area contributed by atoms with Crippen molar-refractivity contribution in [2.24, 2.45) is 0 Å². The summed E-state index contributed by atoms with van der Waals surface area (Å²) in [7, 11) is -3.79. The molecular formula is C21H25N3O4S. The molecule has 0 radical (unpaired) electrons. The lowest BCUT2D eigenvalue weighted by atomic mass is 9.95. The number of amides is 2. The number of hydrogen-bond acceptors (Lipinski definition) is 5. The fourth-order valence-electron chi connectivity index (χ4n) is 3.51. The van der Waals surface area contributed by atoms with Crippen molar-refractivity contribution in [1.82, 2.24) is 15.6 Å². The van der Waals surface area contributed by atoms with Gasteiger partial charge in [0.1, 0.15) is 5.25 Å². The topological polar surface area (TPSA) is 105 Å². The standard InChI is InChI=1S/C21H25N3O4S/c25-20(21(26)24-17-9-3-1-4-10-17)23-15-19(16-8-7-13-22-14-16)29(27,28)18-11-5-2-6-12-18/h2,5-8,11-14,17,19H,1,3-4,9-10,15H2,(H,23,25)(H,24,26)/t19-/m1/s1. The fraction of sp³-hybridized carbons (Fsp3) is 0.381. The molecule has 1 heterocycles. The maximum absolute atomic E-state index is 13.2. The van der Waals surface area contributed by atoms with Crippen LogP contribution in [0.2, 0.25) is 0 Å². The van der Waals surface area contributed by atoms with E-state index < -0.39 is 26.9 Å². The van der Waals surface area contributed by atoms with E-state index in [9.17, 15) is 18.0 Å². The van der Waals surface area contributed by atoms with E-state index in [0.717, 1.165) is 32.1 Å². The summed E-state index contributed by atoms with van der Waals surface area (Å²) in [6.07, 6.45) is 7.93. The first kappa shape index (κ1) is 21.0. The molecule has 1 saturated carbocycles. The summed E-state index contributed by atoms with van der Waals surface area (Å²) in [6.45, 7) is -0.222. The Hall–Kier alpha value is -2.74. The van der Waals surface area contributed by atoms with E-state index in [0.29, 0.717) is 5.56 Å². The van der Waals surface area contributed by atoms with E-state index in [1.165, 1.54) is 18.3 Å². The van der Waals surface area contributed by atoms with E-state index in [-0.39, 0.29) is 17.5 Å². The number of carbonyl (C=O) groups is 2. The van der Waals surface area contributed by atoms with Gasteiger partial charge in [-0.25, -0.2) is 8.42 Å². The van der Waals surface area contributed by atoms with Crippen LogP contribution in [0.1, 0.15) is 42.9 Å². The maximum Gasteiger partial charge on any atom is 0.309 e. The molecule has 3 rings (SSSR count). The third-order valence-corrected chi connectivity index (χ3v) is 7.21. The first-order chi connectivity index (χ1) is 14.0. The number of nitrogens with zero attached hydrogens (tertiary/aromatic N) is 1. The lowest BCUT2D eigenvalue weighted by Gasteiger charge is -2.23. The SMILES string of the molecule is O=C(NC[C@H](c1cccnc1)S(=O)(=O)c1ccccc1)C(=O)NC1CCCCC1. The van der Waals surface area contributed by atoms with Crippen molar-refractivity contribution >= 4 is 21.7 Å². The molecule has 0 bridgehead atoms. The second kappa shape index (κ2) is 9.65. The molecule has 1 aliphatic rings.